The van der Waals surface area contributed by atoms with Crippen LogP contribution in [0.1, 0.15) is 20.7 Å². The van der Waals surface area contributed by atoms with Crippen LogP contribution in [0, 0.1) is 17.5 Å². The fourth-order valence-electron chi connectivity index (χ4n) is 1.19. The van der Waals surface area contributed by atoms with Gasteiger partial charge in [0.1, 0.15) is 5.56 Å². The number of carboxylic acid groups (broad SMARTS) is 1. The number of halogens is 3. The van der Waals surface area contributed by atoms with Crippen LogP contribution in [0.5, 0.6) is 5.75 Å². The van der Waals surface area contributed by atoms with Crippen molar-refractivity contribution in [2.24, 2.45) is 0 Å². The number of carbonyl (C=O) groups is 2. The second-order valence-electron chi connectivity index (χ2n) is 2.92. The highest BCUT2D eigenvalue weighted by molar-refractivity contribution is 6.05. The van der Waals surface area contributed by atoms with Gasteiger partial charge in [-0.05, 0) is 0 Å². The van der Waals surface area contributed by atoms with Gasteiger partial charge in [0.15, 0.2) is 17.4 Å². The fraction of sp³-hybridized carbons (Fsp3) is 0.111. The molecule has 0 unspecified atom stereocenters. The Bertz CT molecular complexity index is 516. The number of rotatable bonds is 2. The molecule has 0 aliphatic heterocycles. The van der Waals surface area contributed by atoms with Crippen LogP contribution in [0.3, 0.4) is 0 Å². The van der Waals surface area contributed by atoms with E-state index in [2.05, 4.69) is 0 Å². The molecule has 1 rings (SSSR count). The second kappa shape index (κ2) is 4.32. The molecule has 1 aromatic rings. The third-order valence-corrected chi connectivity index (χ3v) is 1.97. The van der Waals surface area contributed by atoms with Crippen molar-refractivity contribution in [1.29, 1.82) is 0 Å². The van der Waals surface area contributed by atoms with E-state index in [0.717, 1.165) is 7.05 Å². The Morgan fingerprint density at radius 1 is 1.06 bits per heavy atom. The summed E-state index contributed by atoms with van der Waals surface area (Å²) < 4.78 is 39.4. The van der Waals surface area contributed by atoms with E-state index in [1.165, 1.54) is 0 Å². The van der Waals surface area contributed by atoms with E-state index in [0.29, 0.717) is 0 Å². The fourth-order valence-corrected chi connectivity index (χ4v) is 1.19. The van der Waals surface area contributed by atoms with E-state index in [4.69, 9.17) is 10.2 Å². The summed E-state index contributed by atoms with van der Waals surface area (Å²) in [6.07, 6.45) is 0. The van der Waals surface area contributed by atoms with E-state index in [9.17, 15) is 22.8 Å². The number of phenolic OH excluding ortho intramolecular Hbond substituents is 1. The summed E-state index contributed by atoms with van der Waals surface area (Å²) in [7, 11) is 1.03. The van der Waals surface area contributed by atoms with Crippen LogP contribution in [0.25, 0.3) is 0 Å². The van der Waals surface area contributed by atoms with Crippen LogP contribution in [0.2, 0.25) is 0 Å². The molecule has 0 atom stereocenters. The highest BCUT2D eigenvalue weighted by Gasteiger charge is 2.31. The Labute approximate surface area is 92.5 Å². The Hall–Kier alpha value is -2.25. The predicted molar refractivity (Wildman–Crippen MR) is 48.3 cm³/mol. The van der Waals surface area contributed by atoms with Crippen molar-refractivity contribution in [1.82, 2.24) is 5.32 Å². The minimum Gasteiger partial charge on any atom is -0.503 e. The van der Waals surface area contributed by atoms with Crippen LogP contribution < -0.4 is 5.32 Å². The average Bonchev–Trinajstić information content (AvgIpc) is 2.29. The topological polar surface area (TPSA) is 86.6 Å². The van der Waals surface area contributed by atoms with Crippen molar-refractivity contribution >= 4 is 11.9 Å². The number of aromatic carboxylic acids is 1. The number of nitrogens with one attached hydrogen (secondary N) is 1. The number of hydrogen-bond acceptors (Lipinski definition) is 3. The summed E-state index contributed by atoms with van der Waals surface area (Å²) in [5.74, 6) is -11.0. The summed E-state index contributed by atoms with van der Waals surface area (Å²) in [6.45, 7) is 0. The lowest BCUT2D eigenvalue weighted by Gasteiger charge is -2.09. The van der Waals surface area contributed by atoms with Gasteiger partial charge in [-0.15, -0.1) is 0 Å². The maximum absolute atomic E-state index is 13.3. The van der Waals surface area contributed by atoms with Crippen molar-refractivity contribution in [2.75, 3.05) is 7.05 Å². The SMILES string of the molecule is CNC(=O)c1c(F)c(O)c(F)c(F)c1C(=O)O. The Morgan fingerprint density at radius 2 is 1.59 bits per heavy atom. The van der Waals surface area contributed by atoms with Gasteiger partial charge in [-0.25, -0.2) is 13.6 Å². The Kier molecular flexibility index (Phi) is 3.26. The molecule has 0 heterocycles. The molecule has 0 bridgehead atoms. The van der Waals surface area contributed by atoms with Crippen molar-refractivity contribution in [3.8, 4) is 5.75 Å². The summed E-state index contributed by atoms with van der Waals surface area (Å²) in [6, 6.07) is 0. The molecule has 0 aliphatic rings. The third kappa shape index (κ3) is 1.88. The van der Waals surface area contributed by atoms with Gasteiger partial charge >= 0.3 is 5.97 Å². The molecule has 0 spiro atoms. The molecular weight excluding hydrogens is 243 g/mol. The molecule has 0 aromatic heterocycles. The van der Waals surface area contributed by atoms with E-state index in [1.54, 1.807) is 0 Å². The molecule has 1 aromatic carbocycles. The molecule has 0 aliphatic carbocycles. The zero-order valence-electron chi connectivity index (χ0n) is 8.34. The number of phenols is 1. The zero-order chi connectivity index (χ0) is 13.3. The first kappa shape index (κ1) is 12.8. The van der Waals surface area contributed by atoms with Gasteiger partial charge in [-0.3, -0.25) is 4.79 Å². The second-order valence-corrected chi connectivity index (χ2v) is 2.92. The molecule has 8 heteroatoms. The minimum atomic E-state index is -2.06. The molecule has 0 saturated heterocycles. The lowest BCUT2D eigenvalue weighted by molar-refractivity contribution is 0.0683. The molecule has 0 fully saturated rings. The number of hydrogen-bond donors (Lipinski definition) is 3. The highest BCUT2D eigenvalue weighted by Crippen LogP contribution is 2.29. The van der Waals surface area contributed by atoms with Gasteiger partial charge in [0.05, 0.1) is 5.56 Å². The number of carboxylic acids is 1. The summed E-state index contributed by atoms with van der Waals surface area (Å²) in [4.78, 5) is 21.8. The van der Waals surface area contributed by atoms with Crippen LogP contribution in [-0.2, 0) is 0 Å². The minimum absolute atomic E-state index is 1.03. The first-order valence-electron chi connectivity index (χ1n) is 4.17. The van der Waals surface area contributed by atoms with Crippen molar-refractivity contribution < 1.29 is 33.0 Å². The molecular formula is C9H6F3NO4. The molecule has 0 radical (unpaired) electrons. The van der Waals surface area contributed by atoms with Gasteiger partial charge in [0, 0.05) is 7.05 Å². The number of carbonyl (C=O) groups excluding carboxylic acids is 1. The highest BCUT2D eigenvalue weighted by atomic mass is 19.2. The maximum atomic E-state index is 13.3. The van der Waals surface area contributed by atoms with Crippen molar-refractivity contribution in [2.45, 2.75) is 0 Å². The molecule has 5 nitrogen and oxygen atoms in total. The number of amides is 1. The molecule has 17 heavy (non-hydrogen) atoms. The maximum Gasteiger partial charge on any atom is 0.339 e. The van der Waals surface area contributed by atoms with Crippen LogP contribution in [-0.4, -0.2) is 29.1 Å². The molecule has 1 amide bonds. The summed E-state index contributed by atoms with van der Waals surface area (Å²) in [5.41, 5.74) is -2.74. The Balaban J connectivity index is 3.78. The van der Waals surface area contributed by atoms with Crippen LogP contribution in [0.4, 0.5) is 13.2 Å². The van der Waals surface area contributed by atoms with E-state index < -0.39 is 46.2 Å². The Morgan fingerprint density at radius 3 is 2.00 bits per heavy atom. The zero-order valence-corrected chi connectivity index (χ0v) is 8.34. The lowest BCUT2D eigenvalue weighted by atomic mass is 10.0. The smallest absolute Gasteiger partial charge is 0.339 e. The van der Waals surface area contributed by atoms with Gasteiger partial charge in [-0.1, -0.05) is 0 Å². The standard InChI is InChI=1S/C9H6F3NO4/c1-13-8(15)2-3(9(16)17)4(10)6(12)7(14)5(2)11/h14H,1H3,(H,13,15)(H,16,17). The normalized spacial score (nSPS) is 10.1. The van der Waals surface area contributed by atoms with Gasteiger partial charge in [0.25, 0.3) is 5.91 Å². The van der Waals surface area contributed by atoms with Crippen LogP contribution >= 0.6 is 0 Å². The number of benzene rings is 1. The van der Waals surface area contributed by atoms with Gasteiger partial charge in [-0.2, -0.15) is 4.39 Å². The molecule has 92 valence electrons. The molecule has 0 saturated carbocycles. The predicted octanol–water partition coefficient (Wildman–Crippen LogP) is 0.867. The largest absolute Gasteiger partial charge is 0.503 e. The van der Waals surface area contributed by atoms with E-state index in [1.807, 2.05) is 5.32 Å². The summed E-state index contributed by atoms with van der Waals surface area (Å²) in [5, 5.41) is 19.3. The number of aromatic hydroxyl groups is 1. The summed E-state index contributed by atoms with van der Waals surface area (Å²) >= 11 is 0. The third-order valence-electron chi connectivity index (χ3n) is 1.97. The van der Waals surface area contributed by atoms with Gasteiger partial charge < -0.3 is 15.5 Å². The van der Waals surface area contributed by atoms with Gasteiger partial charge in [0.2, 0.25) is 5.82 Å². The van der Waals surface area contributed by atoms with E-state index in [-0.39, 0.29) is 0 Å². The van der Waals surface area contributed by atoms with E-state index >= 15 is 0 Å². The molecule has 3 N–H and O–H groups in total. The first-order valence-corrected chi connectivity index (χ1v) is 4.17. The average molecular weight is 249 g/mol. The quantitative estimate of drug-likeness (QED) is 0.678. The monoisotopic (exact) mass is 249 g/mol. The van der Waals surface area contributed by atoms with Crippen LogP contribution in [0.15, 0.2) is 0 Å². The first-order chi connectivity index (χ1) is 7.82. The lowest BCUT2D eigenvalue weighted by Crippen LogP contribution is -2.24. The van der Waals surface area contributed by atoms with Crippen molar-refractivity contribution in [3.63, 3.8) is 0 Å². The van der Waals surface area contributed by atoms with Crippen molar-refractivity contribution in [3.05, 3.63) is 28.6 Å².